The van der Waals surface area contributed by atoms with E-state index in [1.54, 1.807) is 43.3 Å². The fraction of sp³-hybridized carbons (Fsp3) is 0.263. The Kier molecular flexibility index (Phi) is 5.57. The molecule has 0 bridgehead atoms. The second-order valence-electron chi connectivity index (χ2n) is 6.77. The molecule has 30 heavy (non-hydrogen) atoms. The topological polar surface area (TPSA) is 130 Å². The number of carbonyl (C=O) groups excluding carboxylic acids is 1. The molecule has 0 spiro atoms. The first-order valence-corrected chi connectivity index (χ1v) is 10.7. The fourth-order valence-electron chi connectivity index (χ4n) is 3.17. The summed E-state index contributed by atoms with van der Waals surface area (Å²) in [5.74, 6) is -0.00204. The van der Waals surface area contributed by atoms with E-state index < -0.39 is 10.0 Å². The average molecular weight is 428 g/mol. The lowest BCUT2D eigenvalue weighted by atomic mass is 10.1. The molecule has 2 N–H and O–H groups in total. The van der Waals surface area contributed by atoms with Gasteiger partial charge in [0.2, 0.25) is 15.8 Å². The lowest BCUT2D eigenvalue weighted by Gasteiger charge is -2.26. The van der Waals surface area contributed by atoms with Crippen LogP contribution in [0.3, 0.4) is 0 Å². The van der Waals surface area contributed by atoms with E-state index in [0.717, 1.165) is 0 Å². The number of ether oxygens (including phenoxy) is 1. The van der Waals surface area contributed by atoms with Crippen LogP contribution in [-0.2, 0) is 14.8 Å². The normalized spacial score (nSPS) is 15.1. The summed E-state index contributed by atoms with van der Waals surface area (Å²) in [4.78, 5) is 12.9. The smallest absolute Gasteiger partial charge is 0.255 e. The minimum atomic E-state index is -3.68. The number of aryl methyl sites for hydroxylation is 1. The molecular formula is C19H20N6O4S. The monoisotopic (exact) mass is 428 g/mol. The summed E-state index contributed by atoms with van der Waals surface area (Å²) in [6.45, 7) is 3.08. The summed E-state index contributed by atoms with van der Waals surface area (Å²) in [5.41, 5.74) is 2.02. The molecule has 0 saturated carbocycles. The first-order chi connectivity index (χ1) is 14.4. The molecule has 3 aromatic rings. The van der Waals surface area contributed by atoms with E-state index >= 15 is 0 Å². The van der Waals surface area contributed by atoms with Crippen LogP contribution >= 0.6 is 0 Å². The molecule has 2 aromatic carbocycles. The van der Waals surface area contributed by atoms with Crippen molar-refractivity contribution in [3.05, 3.63) is 53.6 Å². The second-order valence-corrected chi connectivity index (χ2v) is 8.67. The molecule has 1 fully saturated rings. The molecular weight excluding hydrogens is 408 g/mol. The fourth-order valence-corrected chi connectivity index (χ4v) is 4.83. The SMILES string of the molecule is Cc1ccc(NC(=O)c2cccc(-c3nn[nH]n3)c2)cc1S(=O)(=O)N1CCOCC1. The first kappa shape index (κ1) is 20.1. The summed E-state index contributed by atoms with van der Waals surface area (Å²) in [5, 5.41) is 16.5. The number of nitrogens with one attached hydrogen (secondary N) is 2. The minimum absolute atomic E-state index is 0.169. The van der Waals surface area contributed by atoms with E-state index in [1.807, 2.05) is 0 Å². The molecule has 2 heterocycles. The van der Waals surface area contributed by atoms with Crippen molar-refractivity contribution in [2.24, 2.45) is 0 Å². The molecule has 156 valence electrons. The average Bonchev–Trinajstić information content (AvgIpc) is 3.31. The molecule has 11 heteroatoms. The molecule has 4 rings (SSSR count). The number of carbonyl (C=O) groups is 1. The zero-order valence-corrected chi connectivity index (χ0v) is 17.0. The number of tetrazole rings is 1. The van der Waals surface area contributed by atoms with Gasteiger partial charge in [-0.2, -0.15) is 9.52 Å². The van der Waals surface area contributed by atoms with Crippen molar-refractivity contribution >= 4 is 21.6 Å². The Morgan fingerprint density at radius 3 is 2.70 bits per heavy atom. The molecule has 1 saturated heterocycles. The largest absolute Gasteiger partial charge is 0.379 e. The standard InChI is InChI=1S/C19H20N6O4S/c1-13-5-6-16(12-17(13)30(27,28)25-7-9-29-10-8-25)20-19(26)15-4-2-3-14(11-15)18-21-23-24-22-18/h2-6,11-12H,7-10H2,1H3,(H,20,26)(H,21,22,23,24). The lowest BCUT2D eigenvalue weighted by Crippen LogP contribution is -2.40. The predicted octanol–water partition coefficient (Wildman–Crippen LogP) is 1.45. The molecule has 10 nitrogen and oxygen atoms in total. The van der Waals surface area contributed by atoms with Crippen LogP contribution in [0.25, 0.3) is 11.4 Å². The van der Waals surface area contributed by atoms with Crippen molar-refractivity contribution < 1.29 is 17.9 Å². The number of hydrogen-bond acceptors (Lipinski definition) is 7. The number of aromatic nitrogens is 4. The van der Waals surface area contributed by atoms with Crippen LogP contribution in [0.1, 0.15) is 15.9 Å². The maximum absolute atomic E-state index is 13.0. The maximum Gasteiger partial charge on any atom is 0.255 e. The van der Waals surface area contributed by atoms with Crippen LogP contribution in [-0.4, -0.2) is 65.6 Å². The Hall–Kier alpha value is -3.15. The highest BCUT2D eigenvalue weighted by molar-refractivity contribution is 7.89. The first-order valence-electron chi connectivity index (χ1n) is 9.29. The van der Waals surface area contributed by atoms with Crippen molar-refractivity contribution in [2.75, 3.05) is 31.6 Å². The number of morpholine rings is 1. The minimum Gasteiger partial charge on any atom is -0.379 e. The number of rotatable bonds is 5. The summed E-state index contributed by atoms with van der Waals surface area (Å²) >= 11 is 0. The van der Waals surface area contributed by atoms with Crippen molar-refractivity contribution in [3.63, 3.8) is 0 Å². The number of anilines is 1. The summed E-state index contributed by atoms with van der Waals surface area (Å²) in [7, 11) is -3.68. The van der Waals surface area contributed by atoms with Crippen LogP contribution in [0.15, 0.2) is 47.4 Å². The van der Waals surface area contributed by atoms with Gasteiger partial charge < -0.3 is 10.1 Å². The van der Waals surface area contributed by atoms with Crippen LogP contribution in [0.4, 0.5) is 5.69 Å². The molecule has 1 aliphatic rings. The Morgan fingerprint density at radius 1 is 1.17 bits per heavy atom. The third-order valence-corrected chi connectivity index (χ3v) is 6.80. The van der Waals surface area contributed by atoms with E-state index in [2.05, 4.69) is 25.9 Å². The van der Waals surface area contributed by atoms with Crippen LogP contribution < -0.4 is 5.32 Å². The van der Waals surface area contributed by atoms with Gasteiger partial charge in [0.05, 0.1) is 18.1 Å². The highest BCUT2D eigenvalue weighted by Gasteiger charge is 2.28. The van der Waals surface area contributed by atoms with Crippen molar-refractivity contribution in [2.45, 2.75) is 11.8 Å². The van der Waals surface area contributed by atoms with E-state index in [9.17, 15) is 13.2 Å². The Bertz CT molecular complexity index is 1160. The number of sulfonamides is 1. The van der Waals surface area contributed by atoms with Gasteiger partial charge in [-0.25, -0.2) is 8.42 Å². The van der Waals surface area contributed by atoms with E-state index in [1.165, 1.54) is 10.4 Å². The number of hydrogen-bond donors (Lipinski definition) is 2. The zero-order chi connectivity index (χ0) is 21.1. The summed E-state index contributed by atoms with van der Waals surface area (Å²) < 4.78 is 32.7. The highest BCUT2D eigenvalue weighted by Crippen LogP contribution is 2.25. The van der Waals surface area contributed by atoms with Crippen molar-refractivity contribution in [1.29, 1.82) is 0 Å². The van der Waals surface area contributed by atoms with Crippen LogP contribution in [0.5, 0.6) is 0 Å². The Balaban J connectivity index is 1.58. The third kappa shape index (κ3) is 4.08. The van der Waals surface area contributed by atoms with E-state index in [4.69, 9.17) is 4.74 Å². The Labute approximate surface area is 173 Å². The summed E-state index contributed by atoms with van der Waals surface area (Å²) in [6.07, 6.45) is 0. The van der Waals surface area contributed by atoms with Crippen LogP contribution in [0, 0.1) is 6.92 Å². The molecule has 1 aromatic heterocycles. The molecule has 0 unspecified atom stereocenters. The lowest BCUT2D eigenvalue weighted by molar-refractivity contribution is 0.0730. The summed E-state index contributed by atoms with van der Waals surface area (Å²) in [6, 6.07) is 11.6. The van der Waals surface area contributed by atoms with Gasteiger partial charge in [-0.15, -0.1) is 10.2 Å². The highest BCUT2D eigenvalue weighted by atomic mass is 32.2. The van der Waals surface area contributed by atoms with Crippen LogP contribution in [0.2, 0.25) is 0 Å². The van der Waals surface area contributed by atoms with Gasteiger partial charge in [0, 0.05) is 29.9 Å². The molecule has 0 radical (unpaired) electrons. The van der Waals surface area contributed by atoms with Gasteiger partial charge in [0.25, 0.3) is 5.91 Å². The van der Waals surface area contributed by atoms with Crippen molar-refractivity contribution in [1.82, 2.24) is 24.9 Å². The second kappa shape index (κ2) is 8.30. The zero-order valence-electron chi connectivity index (χ0n) is 16.2. The molecule has 0 atom stereocenters. The predicted molar refractivity (Wildman–Crippen MR) is 108 cm³/mol. The number of aromatic amines is 1. The van der Waals surface area contributed by atoms with Gasteiger partial charge in [-0.05, 0) is 42.0 Å². The molecule has 0 aliphatic carbocycles. The van der Waals surface area contributed by atoms with Crippen molar-refractivity contribution in [3.8, 4) is 11.4 Å². The van der Waals surface area contributed by atoms with Gasteiger partial charge in [-0.1, -0.05) is 18.2 Å². The number of benzene rings is 2. The van der Waals surface area contributed by atoms with E-state index in [-0.39, 0.29) is 10.8 Å². The van der Waals surface area contributed by atoms with E-state index in [0.29, 0.717) is 54.5 Å². The quantitative estimate of drug-likeness (QED) is 0.629. The molecule has 1 amide bonds. The Morgan fingerprint density at radius 2 is 1.97 bits per heavy atom. The van der Waals surface area contributed by atoms with Gasteiger partial charge >= 0.3 is 0 Å². The number of H-pyrrole nitrogens is 1. The van der Waals surface area contributed by atoms with Gasteiger partial charge in [0.15, 0.2) is 0 Å². The maximum atomic E-state index is 13.0. The van der Waals surface area contributed by atoms with Gasteiger partial charge in [-0.3, -0.25) is 4.79 Å². The number of nitrogens with zero attached hydrogens (tertiary/aromatic N) is 4. The third-order valence-electron chi connectivity index (χ3n) is 4.76. The molecule has 1 aliphatic heterocycles. The van der Waals surface area contributed by atoms with Gasteiger partial charge in [0.1, 0.15) is 0 Å². The number of amides is 1.